The van der Waals surface area contributed by atoms with Crippen LogP contribution < -0.4 is 5.32 Å². The topological polar surface area (TPSA) is 65.5 Å². The number of hydrogen-bond donors (Lipinski definition) is 2. The quantitative estimate of drug-likeness (QED) is 0.789. The van der Waals surface area contributed by atoms with Crippen molar-refractivity contribution in [1.82, 2.24) is 9.88 Å². The van der Waals surface area contributed by atoms with Crippen LogP contribution in [0.25, 0.3) is 0 Å². The summed E-state index contributed by atoms with van der Waals surface area (Å²) in [6, 6.07) is 3.96. The molecule has 1 saturated carbocycles. The molecule has 92 valence electrons. The number of aliphatic hydroxyl groups excluding tert-OH is 1. The fourth-order valence-corrected chi connectivity index (χ4v) is 1.55. The summed E-state index contributed by atoms with van der Waals surface area (Å²) in [4.78, 5) is 17.6. The van der Waals surface area contributed by atoms with E-state index in [9.17, 15) is 4.79 Å². The predicted molar refractivity (Wildman–Crippen MR) is 64.9 cm³/mol. The van der Waals surface area contributed by atoms with Gasteiger partial charge in [-0.1, -0.05) is 0 Å². The van der Waals surface area contributed by atoms with Crippen molar-refractivity contribution in [3.63, 3.8) is 0 Å². The molecular formula is C12H17N3O2. The lowest BCUT2D eigenvalue weighted by atomic mass is 10.2. The fourth-order valence-electron chi connectivity index (χ4n) is 1.55. The molecule has 17 heavy (non-hydrogen) atoms. The summed E-state index contributed by atoms with van der Waals surface area (Å²) in [6.07, 6.45) is 3.97. The molecule has 1 aliphatic carbocycles. The van der Waals surface area contributed by atoms with Crippen molar-refractivity contribution >= 4 is 11.7 Å². The zero-order valence-electron chi connectivity index (χ0n) is 9.89. The van der Waals surface area contributed by atoms with Crippen LogP contribution in [-0.4, -0.2) is 47.1 Å². The molecule has 0 aromatic carbocycles. The Labute approximate surface area is 100 Å². The Kier molecular flexibility index (Phi) is 3.58. The maximum Gasteiger partial charge on any atom is 0.253 e. The predicted octanol–water partition coefficient (Wildman–Crippen LogP) is 0.720. The second-order valence-corrected chi connectivity index (χ2v) is 4.30. The van der Waals surface area contributed by atoms with Crippen LogP contribution >= 0.6 is 0 Å². The maximum absolute atomic E-state index is 11.9. The van der Waals surface area contributed by atoms with E-state index < -0.39 is 0 Å². The highest BCUT2D eigenvalue weighted by Gasteiger charge is 2.21. The largest absolute Gasteiger partial charge is 0.395 e. The molecule has 1 amide bonds. The van der Waals surface area contributed by atoms with Crippen LogP contribution in [0.4, 0.5) is 5.82 Å². The van der Waals surface area contributed by atoms with Crippen LogP contribution in [0.3, 0.4) is 0 Å². The molecular weight excluding hydrogens is 218 g/mol. The van der Waals surface area contributed by atoms with E-state index in [0.717, 1.165) is 5.82 Å². The maximum atomic E-state index is 11.9. The molecule has 1 aliphatic rings. The minimum absolute atomic E-state index is 0.0273. The Hall–Kier alpha value is -1.62. The Morgan fingerprint density at radius 1 is 1.65 bits per heavy atom. The van der Waals surface area contributed by atoms with Gasteiger partial charge in [0.15, 0.2) is 0 Å². The van der Waals surface area contributed by atoms with Crippen molar-refractivity contribution in [2.45, 2.75) is 18.9 Å². The zero-order chi connectivity index (χ0) is 12.3. The molecule has 5 nitrogen and oxygen atoms in total. The van der Waals surface area contributed by atoms with Crippen molar-refractivity contribution in [2.24, 2.45) is 0 Å². The summed E-state index contributed by atoms with van der Waals surface area (Å²) in [5.41, 5.74) is 0.596. The molecule has 2 N–H and O–H groups in total. The van der Waals surface area contributed by atoms with Crippen LogP contribution in [0.1, 0.15) is 23.2 Å². The van der Waals surface area contributed by atoms with E-state index in [2.05, 4.69) is 10.3 Å². The standard InChI is InChI=1S/C12H17N3O2/c1-15(6-7-16)12(17)9-4-5-13-11(8-9)14-10-2-3-10/h4-5,8,10,16H,2-3,6-7H2,1H3,(H,13,14). The summed E-state index contributed by atoms with van der Waals surface area (Å²) in [6.45, 7) is 0.313. The number of nitrogens with zero attached hydrogens (tertiary/aromatic N) is 2. The first-order valence-corrected chi connectivity index (χ1v) is 5.79. The lowest BCUT2D eigenvalue weighted by Gasteiger charge is -2.16. The number of rotatable bonds is 5. The number of aromatic nitrogens is 1. The van der Waals surface area contributed by atoms with E-state index in [4.69, 9.17) is 5.11 Å². The average molecular weight is 235 g/mol. The van der Waals surface area contributed by atoms with Gasteiger partial charge in [-0.3, -0.25) is 4.79 Å². The SMILES string of the molecule is CN(CCO)C(=O)c1ccnc(NC2CC2)c1. The number of carbonyl (C=O) groups is 1. The normalized spacial score (nSPS) is 14.5. The van der Waals surface area contributed by atoms with Crippen LogP contribution in [0.5, 0.6) is 0 Å². The number of anilines is 1. The molecule has 0 spiro atoms. The van der Waals surface area contributed by atoms with Crippen LogP contribution in [0, 0.1) is 0 Å². The van der Waals surface area contributed by atoms with E-state index in [1.165, 1.54) is 17.7 Å². The van der Waals surface area contributed by atoms with E-state index in [-0.39, 0.29) is 12.5 Å². The highest BCUT2D eigenvalue weighted by molar-refractivity contribution is 5.94. The molecule has 1 aromatic heterocycles. The summed E-state index contributed by atoms with van der Waals surface area (Å²) >= 11 is 0. The summed E-state index contributed by atoms with van der Waals surface area (Å²) in [7, 11) is 1.67. The summed E-state index contributed by atoms with van der Waals surface area (Å²) in [5.74, 6) is 0.649. The van der Waals surface area contributed by atoms with Crippen molar-refractivity contribution in [1.29, 1.82) is 0 Å². The molecule has 0 unspecified atom stereocenters. The highest BCUT2D eigenvalue weighted by Crippen LogP contribution is 2.23. The molecule has 0 atom stereocenters. The van der Waals surface area contributed by atoms with Crippen LogP contribution in [0.15, 0.2) is 18.3 Å². The van der Waals surface area contributed by atoms with Crippen LogP contribution in [-0.2, 0) is 0 Å². The summed E-state index contributed by atoms with van der Waals surface area (Å²) in [5, 5.41) is 12.0. The average Bonchev–Trinajstić information content (AvgIpc) is 3.12. The van der Waals surface area contributed by atoms with Crippen molar-refractivity contribution < 1.29 is 9.90 Å². The summed E-state index contributed by atoms with van der Waals surface area (Å²) < 4.78 is 0. The second-order valence-electron chi connectivity index (χ2n) is 4.30. The van der Waals surface area contributed by atoms with Gasteiger partial charge in [-0.15, -0.1) is 0 Å². The van der Waals surface area contributed by atoms with Gasteiger partial charge in [-0.2, -0.15) is 0 Å². The van der Waals surface area contributed by atoms with Gasteiger partial charge in [-0.25, -0.2) is 4.98 Å². The molecule has 0 radical (unpaired) electrons. The molecule has 1 heterocycles. The first-order chi connectivity index (χ1) is 8.20. The van der Waals surface area contributed by atoms with Gasteiger partial charge in [0.25, 0.3) is 5.91 Å². The van der Waals surface area contributed by atoms with Gasteiger partial charge in [-0.05, 0) is 25.0 Å². The monoisotopic (exact) mass is 235 g/mol. The van der Waals surface area contributed by atoms with E-state index in [1.54, 1.807) is 25.4 Å². The zero-order valence-corrected chi connectivity index (χ0v) is 9.89. The van der Waals surface area contributed by atoms with E-state index in [1.807, 2.05) is 0 Å². The number of likely N-dealkylation sites (N-methyl/N-ethyl adjacent to an activating group) is 1. The lowest BCUT2D eigenvalue weighted by Crippen LogP contribution is -2.29. The minimum Gasteiger partial charge on any atom is -0.395 e. The fraction of sp³-hybridized carbons (Fsp3) is 0.500. The number of pyridine rings is 1. The first-order valence-electron chi connectivity index (χ1n) is 5.79. The molecule has 5 heteroatoms. The Balaban J connectivity index is 2.05. The van der Waals surface area contributed by atoms with Gasteiger partial charge in [0, 0.05) is 31.4 Å². The number of aliphatic hydroxyl groups is 1. The smallest absolute Gasteiger partial charge is 0.253 e. The number of carbonyl (C=O) groups excluding carboxylic acids is 1. The second kappa shape index (κ2) is 5.14. The highest BCUT2D eigenvalue weighted by atomic mass is 16.3. The van der Waals surface area contributed by atoms with E-state index >= 15 is 0 Å². The van der Waals surface area contributed by atoms with Crippen molar-refractivity contribution in [3.05, 3.63) is 23.9 Å². The Morgan fingerprint density at radius 2 is 2.41 bits per heavy atom. The van der Waals surface area contributed by atoms with Gasteiger partial charge in [0.1, 0.15) is 5.82 Å². The Bertz CT molecular complexity index is 404. The molecule has 1 fully saturated rings. The lowest BCUT2D eigenvalue weighted by molar-refractivity contribution is 0.0767. The van der Waals surface area contributed by atoms with Gasteiger partial charge < -0.3 is 15.3 Å². The van der Waals surface area contributed by atoms with Crippen molar-refractivity contribution in [3.8, 4) is 0 Å². The van der Waals surface area contributed by atoms with Gasteiger partial charge in [0.2, 0.25) is 0 Å². The molecule has 0 bridgehead atoms. The van der Waals surface area contributed by atoms with Crippen molar-refractivity contribution in [2.75, 3.05) is 25.5 Å². The molecule has 0 aliphatic heterocycles. The number of hydrogen-bond acceptors (Lipinski definition) is 4. The third-order valence-corrected chi connectivity index (χ3v) is 2.72. The molecule has 0 saturated heterocycles. The third-order valence-electron chi connectivity index (χ3n) is 2.72. The Morgan fingerprint density at radius 3 is 3.06 bits per heavy atom. The third kappa shape index (κ3) is 3.17. The number of nitrogens with one attached hydrogen (secondary N) is 1. The first kappa shape index (κ1) is 11.9. The molecule has 1 aromatic rings. The van der Waals surface area contributed by atoms with Crippen LogP contribution in [0.2, 0.25) is 0 Å². The van der Waals surface area contributed by atoms with Gasteiger partial charge in [0.05, 0.1) is 6.61 Å². The molecule has 2 rings (SSSR count). The van der Waals surface area contributed by atoms with E-state index in [0.29, 0.717) is 18.2 Å². The number of amides is 1. The minimum atomic E-state index is -0.0969. The van der Waals surface area contributed by atoms with Gasteiger partial charge >= 0.3 is 0 Å².